The Morgan fingerprint density at radius 1 is 0.694 bits per heavy atom. The molecule has 8 rings (SSSR count). The van der Waals surface area contributed by atoms with Crippen LogP contribution in [0.5, 0.6) is 5.75 Å². The molecule has 11 amide bonds. The smallest absolute Gasteiger partial charge is 0.363 e. The largest absolute Gasteiger partial charge is 0.494 e. The second-order valence-corrected chi connectivity index (χ2v) is 29.2. The van der Waals surface area contributed by atoms with Crippen molar-refractivity contribution in [2.45, 2.75) is 145 Å². The number of hydrogen-bond acceptors (Lipinski definition) is 18. The zero-order valence-corrected chi connectivity index (χ0v) is 63.5. The fraction of sp³-hybridized carbons (Fsp3) is 0.423. The summed E-state index contributed by atoms with van der Waals surface area (Å²) in [6.45, 7) is 5.04. The maximum absolute atomic E-state index is 14.6. The molecule has 1 unspecified atom stereocenters. The SMILES string of the molecule is CCOc1ccc(C[C@@H](NC(=O)CC2(S)CC=CCC2)C(=O)N[C@@H](Cc2ccccc2)C(=O)N[C@H](C(=O)N[C@@H](CC(N)=O)C(=O)N[C@@H](CS)C(=O)N2CCC[C@H]2C(=O)NC(=O)CNC(=O)[C@@H](N)CCCCNC(=O)c2ccc(C(=O)O)c(-c3c4ccc(N(C)C)cc4[o+]c4cc(N(C)C)ccc34)c2)C(C)C)cc1. The number of rotatable bonds is 36. The van der Waals surface area contributed by atoms with E-state index in [0.29, 0.717) is 88.7 Å². The predicted octanol–water partition coefficient (Wildman–Crippen LogP) is 4.91. The van der Waals surface area contributed by atoms with Gasteiger partial charge >= 0.3 is 17.1 Å². The number of hydrogen-bond donors (Lipinski definition) is 13. The standard InChI is InChI=1S/C78H97N13O15S2/c1-8-105-51-27-22-47(23-28-51)37-57(83-65(93)42-78(108)32-14-10-15-33-78)71(97)84-58(36-46-18-11-9-12-19-46)73(99)88-68(45(2)3)75(101)85-59(41-64(80)92)72(98)86-60(44-107)76(102)91-35-17-21-61(91)74(100)87-66(94)43-82-70(96)56(79)20-13-16-34-81-69(95)48-24-29-52(77(103)104)55(38-48)67-53-30-25-49(89(4)5)39-62(53)106-63-40-50(90(6)7)26-31-54(63)67/h9-12,14,18-19,22-31,38-40,45,56-61,68H,8,13,15-17,20-21,32-37,41-44,79H2,1-7H3,(H12-,80,81,82,83,84,85,86,87,88,92,93,94,95,96,97,98,99,100,101,103,104,107,108)/p+1/t56-,57+,58-,59-,60-,61-,68-,78?/m0/s1. The molecule has 6 aromatic rings. The van der Waals surface area contributed by atoms with E-state index in [4.69, 9.17) is 33.3 Å². The van der Waals surface area contributed by atoms with Gasteiger partial charge in [0.05, 0.1) is 54.1 Å². The number of nitrogens with zero attached hydrogens (tertiary/aromatic N) is 3. The summed E-state index contributed by atoms with van der Waals surface area (Å²) >= 11 is 9.15. The number of allylic oxidation sites excluding steroid dienone is 2. The van der Waals surface area contributed by atoms with Crippen LogP contribution in [0.15, 0.2) is 126 Å². The maximum atomic E-state index is 14.6. The third kappa shape index (κ3) is 22.7. The Morgan fingerprint density at radius 2 is 1.31 bits per heavy atom. The molecule has 0 saturated carbocycles. The van der Waals surface area contributed by atoms with E-state index in [1.165, 1.54) is 12.1 Å². The van der Waals surface area contributed by atoms with E-state index in [1.54, 1.807) is 74.5 Å². The first kappa shape index (κ1) is 83.1. The van der Waals surface area contributed by atoms with Crippen LogP contribution in [0.1, 0.15) is 117 Å². The number of unbranched alkanes of at least 4 members (excludes halogenated alkanes) is 1. The summed E-state index contributed by atoms with van der Waals surface area (Å²) in [6.07, 6.45) is 6.47. The summed E-state index contributed by atoms with van der Waals surface area (Å²) in [5.74, 6) is -10.3. The van der Waals surface area contributed by atoms with Gasteiger partial charge in [0.2, 0.25) is 59.1 Å². The minimum atomic E-state index is -1.71. The third-order valence-electron chi connectivity index (χ3n) is 18.8. The van der Waals surface area contributed by atoms with Crippen molar-refractivity contribution in [2.24, 2.45) is 17.4 Å². The van der Waals surface area contributed by atoms with Crippen LogP contribution in [0, 0.1) is 5.92 Å². The van der Waals surface area contributed by atoms with Gasteiger partial charge in [0.25, 0.3) is 5.91 Å². The molecule has 2 aliphatic rings. The predicted molar refractivity (Wildman–Crippen MR) is 417 cm³/mol. The van der Waals surface area contributed by atoms with E-state index >= 15 is 0 Å². The van der Waals surface area contributed by atoms with Crippen molar-refractivity contribution in [2.75, 3.05) is 70.0 Å². The van der Waals surface area contributed by atoms with Crippen LogP contribution in [-0.2, 0) is 60.8 Å². The van der Waals surface area contributed by atoms with Gasteiger partial charge in [-0.15, -0.1) is 0 Å². The highest BCUT2D eigenvalue weighted by atomic mass is 32.1. The van der Waals surface area contributed by atoms with E-state index in [2.05, 4.69) is 55.2 Å². The lowest BCUT2D eigenvalue weighted by atomic mass is 9.90. The summed E-state index contributed by atoms with van der Waals surface area (Å²) < 4.78 is 11.4. The number of aromatic carboxylic acids is 1. The molecular weight excluding hydrogens is 1420 g/mol. The molecule has 0 spiro atoms. The van der Waals surface area contributed by atoms with Crippen LogP contribution in [-0.4, -0.2) is 188 Å². The van der Waals surface area contributed by atoms with Crippen LogP contribution >= 0.6 is 25.3 Å². The van der Waals surface area contributed by atoms with Crippen molar-refractivity contribution in [3.8, 4) is 16.9 Å². The molecule has 5 aromatic carbocycles. The van der Waals surface area contributed by atoms with E-state index < -0.39 is 137 Å². The fourth-order valence-corrected chi connectivity index (χ4v) is 13.6. The molecule has 0 bridgehead atoms. The molecule has 28 nitrogen and oxygen atoms in total. The zero-order valence-electron chi connectivity index (χ0n) is 61.7. The summed E-state index contributed by atoms with van der Waals surface area (Å²) in [5, 5.41) is 32.6. The summed E-state index contributed by atoms with van der Waals surface area (Å²) in [6, 6.07) is 22.1. The quantitative estimate of drug-likeness (QED) is 0.00817. The topological polar surface area (TPSA) is 404 Å². The number of primary amides is 1. The van der Waals surface area contributed by atoms with Crippen molar-refractivity contribution in [3.05, 3.63) is 144 Å². The van der Waals surface area contributed by atoms with Gasteiger partial charge in [-0.1, -0.05) is 68.5 Å². The Hall–Kier alpha value is -10.6. The van der Waals surface area contributed by atoms with Crippen molar-refractivity contribution < 1.29 is 71.8 Å². The van der Waals surface area contributed by atoms with Crippen LogP contribution in [0.3, 0.4) is 0 Å². The molecule has 30 heteroatoms. The average molecular weight is 1520 g/mol. The molecule has 1 fully saturated rings. The molecule has 2 heterocycles. The van der Waals surface area contributed by atoms with Crippen LogP contribution in [0.2, 0.25) is 0 Å². The van der Waals surface area contributed by atoms with Crippen molar-refractivity contribution in [3.63, 3.8) is 0 Å². The second kappa shape index (κ2) is 38.8. The highest BCUT2D eigenvalue weighted by molar-refractivity contribution is 7.81. The van der Waals surface area contributed by atoms with E-state index in [-0.39, 0.29) is 62.1 Å². The summed E-state index contributed by atoms with van der Waals surface area (Å²) in [5.41, 5.74) is 16.9. The number of imide groups is 1. The monoisotopic (exact) mass is 1520 g/mol. The fourth-order valence-electron chi connectivity index (χ4n) is 12.9. The number of nitrogens with two attached hydrogens (primary N) is 2. The lowest BCUT2D eigenvalue weighted by molar-refractivity contribution is -0.143. The van der Waals surface area contributed by atoms with Gasteiger partial charge in [-0.3, -0.25) is 58.1 Å². The number of amides is 11. The number of nitrogens with one attached hydrogen (secondary N) is 8. The number of benzene rings is 5. The minimum absolute atomic E-state index is 0.0152. The molecule has 8 atom stereocenters. The van der Waals surface area contributed by atoms with E-state index in [1.807, 2.05) is 93.5 Å². The van der Waals surface area contributed by atoms with Gasteiger partial charge in [-0.05, 0) is 135 Å². The van der Waals surface area contributed by atoms with Gasteiger partial charge in [-0.2, -0.15) is 25.3 Å². The minimum Gasteiger partial charge on any atom is -0.494 e. The molecule has 108 heavy (non-hydrogen) atoms. The average Bonchev–Trinajstić information content (AvgIpc) is 1.43. The summed E-state index contributed by atoms with van der Waals surface area (Å²) in [7, 11) is 7.59. The van der Waals surface area contributed by atoms with Gasteiger partial charge in [0, 0.05) is 93.5 Å². The number of ether oxygens (including phenoxy) is 1. The van der Waals surface area contributed by atoms with Crippen molar-refractivity contribution >= 4 is 130 Å². The Bertz CT molecular complexity index is 4270. The lowest BCUT2D eigenvalue weighted by Crippen LogP contribution is -2.61. The van der Waals surface area contributed by atoms with Gasteiger partial charge < -0.3 is 73.2 Å². The van der Waals surface area contributed by atoms with E-state index in [9.17, 15) is 62.6 Å². The Kier molecular flexibility index (Phi) is 29.8. The van der Waals surface area contributed by atoms with Gasteiger partial charge in [0.1, 0.15) is 42.0 Å². The Balaban J connectivity index is 0.829. The molecule has 1 aliphatic carbocycles. The number of fused-ring (bicyclic) bond motifs is 2. The van der Waals surface area contributed by atoms with Crippen molar-refractivity contribution in [1.29, 1.82) is 0 Å². The third-order valence-corrected chi connectivity index (χ3v) is 19.8. The first-order valence-electron chi connectivity index (χ1n) is 36.0. The first-order chi connectivity index (χ1) is 51.5. The van der Waals surface area contributed by atoms with Crippen LogP contribution in [0.25, 0.3) is 33.1 Å². The molecule has 1 aromatic heterocycles. The number of thiol groups is 2. The number of carbonyl (C=O) groups is 12. The van der Waals surface area contributed by atoms with Gasteiger partial charge in [-0.25, -0.2) is 9.21 Å². The Labute approximate surface area is 638 Å². The highest BCUT2D eigenvalue weighted by Gasteiger charge is 2.41. The zero-order chi connectivity index (χ0) is 78.5. The number of carboxylic acids is 1. The first-order valence-corrected chi connectivity index (χ1v) is 37.1. The molecule has 576 valence electrons. The molecule has 13 N–H and O–H groups in total. The van der Waals surface area contributed by atoms with E-state index in [0.717, 1.165) is 22.7 Å². The number of likely N-dealkylation sites (tertiary alicyclic amines) is 1. The van der Waals surface area contributed by atoms with Crippen LogP contribution in [0.4, 0.5) is 11.4 Å². The Morgan fingerprint density at radius 3 is 1.90 bits per heavy atom. The molecular formula is C78H98N13O15S2+. The number of carbonyl (C=O) groups excluding carboxylic acids is 11. The molecule has 1 saturated heterocycles. The van der Waals surface area contributed by atoms with Crippen molar-refractivity contribution in [1.82, 2.24) is 47.4 Å². The molecule has 0 radical (unpaired) electrons. The maximum Gasteiger partial charge on any atom is 0.363 e. The number of carboxylic acid groups (broad SMARTS) is 1. The lowest BCUT2D eigenvalue weighted by Gasteiger charge is -2.30. The molecule has 1 aliphatic heterocycles. The number of anilines is 2. The van der Waals surface area contributed by atoms with Crippen LogP contribution < -0.4 is 68.5 Å². The highest BCUT2D eigenvalue weighted by Crippen LogP contribution is 2.41. The second-order valence-electron chi connectivity index (χ2n) is 27.8. The normalized spacial score (nSPS) is 16.3. The summed E-state index contributed by atoms with van der Waals surface area (Å²) in [4.78, 5) is 170. The van der Waals surface area contributed by atoms with Gasteiger partial charge in [0.15, 0.2) is 0 Å².